The van der Waals surface area contributed by atoms with Gasteiger partial charge in [-0.3, -0.25) is 9.59 Å². The summed E-state index contributed by atoms with van der Waals surface area (Å²) < 4.78 is 4.51. The van der Waals surface area contributed by atoms with Crippen molar-refractivity contribution in [2.45, 2.75) is 26.3 Å². The molecular formula is C9H15NO3. The average molecular weight is 185 g/mol. The van der Waals surface area contributed by atoms with Crippen LogP contribution in [0.4, 0.5) is 0 Å². The van der Waals surface area contributed by atoms with E-state index in [9.17, 15) is 9.59 Å². The molecule has 2 unspecified atom stereocenters. The lowest BCUT2D eigenvalue weighted by atomic mass is 10.1. The van der Waals surface area contributed by atoms with Crippen LogP contribution in [0.15, 0.2) is 0 Å². The summed E-state index contributed by atoms with van der Waals surface area (Å²) in [6, 6.07) is 0.154. The van der Waals surface area contributed by atoms with Crippen LogP contribution in [0, 0.1) is 5.92 Å². The van der Waals surface area contributed by atoms with Crippen molar-refractivity contribution in [2.24, 2.45) is 5.92 Å². The number of carbonyl (C=O) groups is 2. The topological polar surface area (TPSA) is 46.6 Å². The molecule has 0 aromatic rings. The summed E-state index contributed by atoms with van der Waals surface area (Å²) in [4.78, 5) is 24.0. The molecule has 1 saturated heterocycles. The molecule has 74 valence electrons. The molecule has 13 heavy (non-hydrogen) atoms. The Morgan fingerprint density at radius 1 is 1.62 bits per heavy atom. The maximum absolute atomic E-state index is 11.5. The lowest BCUT2D eigenvalue weighted by molar-refractivity contribution is -0.147. The number of esters is 1. The second-order valence-corrected chi connectivity index (χ2v) is 3.53. The van der Waals surface area contributed by atoms with Gasteiger partial charge in [0.2, 0.25) is 5.91 Å². The van der Waals surface area contributed by atoms with E-state index in [1.165, 1.54) is 7.11 Å². The molecule has 4 heteroatoms. The first-order chi connectivity index (χ1) is 6.06. The SMILES string of the molecule is COC(=O)CN1C(=O)C(C)CC1C. The molecule has 1 aliphatic rings. The van der Waals surface area contributed by atoms with Gasteiger partial charge in [0.25, 0.3) is 0 Å². The zero-order chi connectivity index (χ0) is 10.0. The quantitative estimate of drug-likeness (QED) is 0.585. The first-order valence-electron chi connectivity index (χ1n) is 4.43. The second kappa shape index (κ2) is 3.77. The summed E-state index contributed by atoms with van der Waals surface area (Å²) >= 11 is 0. The fourth-order valence-electron chi connectivity index (χ4n) is 1.68. The standard InChI is InChI=1S/C9H15NO3/c1-6-4-7(2)10(9(6)12)5-8(11)13-3/h6-7H,4-5H2,1-3H3. The summed E-state index contributed by atoms with van der Waals surface area (Å²) in [5.74, 6) is -0.258. The first kappa shape index (κ1) is 10.0. The Bertz CT molecular complexity index is 227. The lowest BCUT2D eigenvalue weighted by Gasteiger charge is -2.19. The van der Waals surface area contributed by atoms with Gasteiger partial charge >= 0.3 is 5.97 Å². The molecule has 1 rings (SSSR count). The van der Waals surface area contributed by atoms with Crippen LogP contribution in [0.2, 0.25) is 0 Å². The number of rotatable bonds is 2. The van der Waals surface area contributed by atoms with Crippen LogP contribution in [0.3, 0.4) is 0 Å². The lowest BCUT2D eigenvalue weighted by Crippen LogP contribution is -2.37. The maximum atomic E-state index is 11.5. The van der Waals surface area contributed by atoms with Gasteiger partial charge < -0.3 is 9.64 Å². The van der Waals surface area contributed by atoms with Crippen molar-refractivity contribution >= 4 is 11.9 Å². The number of methoxy groups -OCH3 is 1. The van der Waals surface area contributed by atoms with Crippen LogP contribution in [0.1, 0.15) is 20.3 Å². The third-order valence-electron chi connectivity index (χ3n) is 2.46. The maximum Gasteiger partial charge on any atom is 0.325 e. The van der Waals surface area contributed by atoms with Gasteiger partial charge in [0.05, 0.1) is 7.11 Å². The van der Waals surface area contributed by atoms with Crippen molar-refractivity contribution in [3.63, 3.8) is 0 Å². The molecule has 0 bridgehead atoms. The van der Waals surface area contributed by atoms with Crippen LogP contribution in [0.25, 0.3) is 0 Å². The minimum atomic E-state index is -0.352. The highest BCUT2D eigenvalue weighted by atomic mass is 16.5. The highest BCUT2D eigenvalue weighted by molar-refractivity contribution is 5.85. The molecule has 1 amide bonds. The van der Waals surface area contributed by atoms with Crippen molar-refractivity contribution in [3.05, 3.63) is 0 Å². The van der Waals surface area contributed by atoms with Gasteiger partial charge in [0.15, 0.2) is 0 Å². The predicted octanol–water partition coefficient (Wildman–Crippen LogP) is 0.416. The van der Waals surface area contributed by atoms with Gasteiger partial charge in [-0.1, -0.05) is 6.92 Å². The van der Waals surface area contributed by atoms with Crippen LogP contribution >= 0.6 is 0 Å². The van der Waals surface area contributed by atoms with E-state index in [2.05, 4.69) is 4.74 Å². The number of nitrogens with zero attached hydrogens (tertiary/aromatic N) is 1. The van der Waals surface area contributed by atoms with Gasteiger partial charge in [-0.2, -0.15) is 0 Å². The van der Waals surface area contributed by atoms with Gasteiger partial charge in [0.1, 0.15) is 6.54 Å². The van der Waals surface area contributed by atoms with E-state index in [1.807, 2.05) is 13.8 Å². The molecule has 4 nitrogen and oxygen atoms in total. The van der Waals surface area contributed by atoms with E-state index in [0.29, 0.717) is 0 Å². The van der Waals surface area contributed by atoms with E-state index < -0.39 is 0 Å². The van der Waals surface area contributed by atoms with E-state index >= 15 is 0 Å². The molecule has 1 heterocycles. The molecular weight excluding hydrogens is 170 g/mol. The third kappa shape index (κ3) is 1.99. The van der Waals surface area contributed by atoms with E-state index in [-0.39, 0.29) is 30.4 Å². The smallest absolute Gasteiger partial charge is 0.325 e. The van der Waals surface area contributed by atoms with Crippen molar-refractivity contribution < 1.29 is 14.3 Å². The summed E-state index contributed by atoms with van der Waals surface area (Å²) in [5.41, 5.74) is 0. The van der Waals surface area contributed by atoms with Gasteiger partial charge in [-0.15, -0.1) is 0 Å². The van der Waals surface area contributed by atoms with Crippen molar-refractivity contribution in [1.82, 2.24) is 4.90 Å². The zero-order valence-electron chi connectivity index (χ0n) is 8.24. The molecule has 0 radical (unpaired) electrons. The van der Waals surface area contributed by atoms with Crippen molar-refractivity contribution in [1.29, 1.82) is 0 Å². The van der Waals surface area contributed by atoms with Gasteiger partial charge in [0, 0.05) is 12.0 Å². The second-order valence-electron chi connectivity index (χ2n) is 3.53. The van der Waals surface area contributed by atoms with Crippen LogP contribution < -0.4 is 0 Å². The largest absolute Gasteiger partial charge is 0.468 e. The molecule has 0 aromatic heterocycles. The molecule has 0 spiro atoms. The average Bonchev–Trinajstić information content (AvgIpc) is 2.32. The van der Waals surface area contributed by atoms with E-state index in [1.54, 1.807) is 4.90 Å². The highest BCUT2D eigenvalue weighted by Crippen LogP contribution is 2.23. The normalized spacial score (nSPS) is 27.9. The summed E-state index contributed by atoms with van der Waals surface area (Å²) in [6.45, 7) is 3.92. The number of carbonyl (C=O) groups excluding carboxylic acids is 2. The Balaban J connectivity index is 2.59. The molecule has 1 aliphatic heterocycles. The van der Waals surface area contributed by atoms with Crippen molar-refractivity contribution in [2.75, 3.05) is 13.7 Å². The summed E-state index contributed by atoms with van der Waals surface area (Å²) in [5, 5.41) is 0. The van der Waals surface area contributed by atoms with E-state index in [0.717, 1.165) is 6.42 Å². The minimum absolute atomic E-state index is 0.0413. The predicted molar refractivity (Wildman–Crippen MR) is 47.0 cm³/mol. The van der Waals surface area contributed by atoms with Gasteiger partial charge in [-0.05, 0) is 13.3 Å². The van der Waals surface area contributed by atoms with E-state index in [4.69, 9.17) is 0 Å². The summed E-state index contributed by atoms with van der Waals surface area (Å²) in [6.07, 6.45) is 0.829. The molecule has 0 N–H and O–H groups in total. The third-order valence-corrected chi connectivity index (χ3v) is 2.46. The van der Waals surface area contributed by atoms with Crippen LogP contribution in [0.5, 0.6) is 0 Å². The number of hydrogen-bond acceptors (Lipinski definition) is 3. The number of amides is 1. The molecule has 0 saturated carbocycles. The Labute approximate surface area is 77.8 Å². The first-order valence-corrected chi connectivity index (χ1v) is 4.43. The Morgan fingerprint density at radius 3 is 2.62 bits per heavy atom. The molecule has 0 aromatic carbocycles. The summed E-state index contributed by atoms with van der Waals surface area (Å²) in [7, 11) is 1.33. The Morgan fingerprint density at radius 2 is 2.23 bits per heavy atom. The fraction of sp³-hybridized carbons (Fsp3) is 0.778. The number of likely N-dealkylation sites (tertiary alicyclic amines) is 1. The minimum Gasteiger partial charge on any atom is -0.468 e. The number of hydrogen-bond donors (Lipinski definition) is 0. The zero-order valence-corrected chi connectivity index (χ0v) is 8.24. The number of ether oxygens (including phenoxy) is 1. The van der Waals surface area contributed by atoms with Crippen molar-refractivity contribution in [3.8, 4) is 0 Å². The van der Waals surface area contributed by atoms with Crippen LogP contribution in [-0.4, -0.2) is 36.5 Å². The molecule has 2 atom stereocenters. The monoisotopic (exact) mass is 185 g/mol. The molecule has 0 aliphatic carbocycles. The Kier molecular flexibility index (Phi) is 2.90. The van der Waals surface area contributed by atoms with Gasteiger partial charge in [-0.25, -0.2) is 0 Å². The van der Waals surface area contributed by atoms with Crippen LogP contribution in [-0.2, 0) is 14.3 Å². The highest BCUT2D eigenvalue weighted by Gasteiger charge is 2.35. The molecule has 1 fully saturated rings. The Hall–Kier alpha value is -1.06. The fourth-order valence-corrected chi connectivity index (χ4v) is 1.68.